The quantitative estimate of drug-likeness (QED) is 0.884. The molecule has 6 heteroatoms. The summed E-state index contributed by atoms with van der Waals surface area (Å²) in [5.41, 5.74) is -0.330. The second kappa shape index (κ2) is 5.52. The van der Waals surface area contributed by atoms with Gasteiger partial charge in [0.2, 0.25) is 0 Å². The van der Waals surface area contributed by atoms with Crippen LogP contribution in [0.3, 0.4) is 0 Å². The summed E-state index contributed by atoms with van der Waals surface area (Å²) in [4.78, 5) is 4.10. The first kappa shape index (κ1) is 15.0. The maximum Gasteiger partial charge on any atom is 0.150 e. The van der Waals surface area contributed by atoms with Gasteiger partial charge in [-0.2, -0.15) is 5.10 Å². The van der Waals surface area contributed by atoms with Crippen molar-refractivity contribution < 1.29 is 8.78 Å². The third-order valence-electron chi connectivity index (χ3n) is 2.89. The van der Waals surface area contributed by atoms with Crippen LogP contribution in [0.1, 0.15) is 32.2 Å². The number of anilines is 1. The highest BCUT2D eigenvalue weighted by Gasteiger charge is 2.19. The fraction of sp³-hybridized carbons (Fsp3) is 0.333. The summed E-state index contributed by atoms with van der Waals surface area (Å²) < 4.78 is 29.3. The lowest BCUT2D eigenvalue weighted by Crippen LogP contribution is -2.26. The molecule has 0 unspecified atom stereocenters. The molecule has 0 spiro atoms. The van der Waals surface area contributed by atoms with E-state index in [9.17, 15) is 8.78 Å². The van der Waals surface area contributed by atoms with Crippen LogP contribution >= 0.6 is 0 Å². The maximum absolute atomic E-state index is 13.8. The van der Waals surface area contributed by atoms with Crippen molar-refractivity contribution in [2.75, 3.05) is 5.32 Å². The van der Waals surface area contributed by atoms with Gasteiger partial charge in [-0.3, -0.25) is 0 Å². The number of halogens is 2. The molecule has 2 aromatic rings. The maximum atomic E-state index is 13.8. The third-order valence-corrected chi connectivity index (χ3v) is 2.89. The highest BCUT2D eigenvalue weighted by atomic mass is 19.1. The third kappa shape index (κ3) is 3.19. The number of rotatable bonds is 3. The molecular weight excluding hydrogens is 274 g/mol. The van der Waals surface area contributed by atoms with E-state index in [-0.39, 0.29) is 23.3 Å². The second-order valence-corrected chi connectivity index (χ2v) is 5.57. The molecule has 0 radical (unpaired) electrons. The van der Waals surface area contributed by atoms with E-state index < -0.39 is 11.6 Å². The molecule has 2 rings (SSSR count). The molecule has 0 saturated carbocycles. The Labute approximate surface area is 122 Å². The number of hydrogen-bond acceptors (Lipinski definition) is 3. The van der Waals surface area contributed by atoms with Crippen molar-refractivity contribution in [1.82, 2.24) is 14.8 Å². The Morgan fingerprint density at radius 3 is 2.43 bits per heavy atom. The lowest BCUT2D eigenvalue weighted by Gasteiger charge is -2.21. The van der Waals surface area contributed by atoms with E-state index in [1.165, 1.54) is 6.33 Å². The Morgan fingerprint density at radius 1 is 1.29 bits per heavy atom. The standard InChI is InChI=1S/C15H16F2N4/c1-5-10-6-11(16)14(12(17)7-10)18-8-13-19-9-20-21(13)15(2,3)4/h1,6-7,9,18H,8H2,2-4H3. The fourth-order valence-electron chi connectivity index (χ4n) is 1.94. The molecule has 0 atom stereocenters. The Hall–Kier alpha value is -2.42. The minimum atomic E-state index is -0.732. The van der Waals surface area contributed by atoms with E-state index in [0.717, 1.165) is 12.1 Å². The molecule has 1 N–H and O–H groups in total. The van der Waals surface area contributed by atoms with Gasteiger partial charge in [-0.05, 0) is 32.9 Å². The van der Waals surface area contributed by atoms with Crippen LogP contribution in [0.2, 0.25) is 0 Å². The normalized spacial score (nSPS) is 11.2. The van der Waals surface area contributed by atoms with Gasteiger partial charge < -0.3 is 5.32 Å². The van der Waals surface area contributed by atoms with Gasteiger partial charge in [-0.1, -0.05) is 5.92 Å². The van der Waals surface area contributed by atoms with Crippen LogP contribution in [-0.4, -0.2) is 14.8 Å². The fourth-order valence-corrected chi connectivity index (χ4v) is 1.94. The summed E-state index contributed by atoms with van der Waals surface area (Å²) in [6, 6.07) is 2.22. The van der Waals surface area contributed by atoms with Gasteiger partial charge >= 0.3 is 0 Å². The van der Waals surface area contributed by atoms with Crippen LogP contribution < -0.4 is 5.32 Å². The smallest absolute Gasteiger partial charge is 0.150 e. The van der Waals surface area contributed by atoms with Crippen LogP contribution in [0, 0.1) is 24.0 Å². The van der Waals surface area contributed by atoms with E-state index in [0.29, 0.717) is 5.82 Å². The van der Waals surface area contributed by atoms with Crippen LogP contribution in [0.25, 0.3) is 0 Å². The number of terminal acetylenes is 1. The SMILES string of the molecule is C#Cc1cc(F)c(NCc2ncnn2C(C)(C)C)c(F)c1. The van der Waals surface area contributed by atoms with Gasteiger partial charge in [0.1, 0.15) is 17.8 Å². The molecule has 1 aromatic carbocycles. The van der Waals surface area contributed by atoms with Crippen molar-refractivity contribution in [2.45, 2.75) is 32.9 Å². The molecular formula is C15H16F2N4. The van der Waals surface area contributed by atoms with E-state index in [4.69, 9.17) is 6.42 Å². The molecule has 4 nitrogen and oxygen atoms in total. The van der Waals surface area contributed by atoms with Crippen LogP contribution in [-0.2, 0) is 12.1 Å². The minimum Gasteiger partial charge on any atom is -0.373 e. The lowest BCUT2D eigenvalue weighted by atomic mass is 10.1. The molecule has 0 saturated heterocycles. The van der Waals surface area contributed by atoms with E-state index in [2.05, 4.69) is 21.3 Å². The van der Waals surface area contributed by atoms with Crippen molar-refractivity contribution in [2.24, 2.45) is 0 Å². The number of hydrogen-bond donors (Lipinski definition) is 1. The molecule has 1 heterocycles. The Balaban J connectivity index is 2.22. The Morgan fingerprint density at radius 2 is 1.90 bits per heavy atom. The average Bonchev–Trinajstić information content (AvgIpc) is 2.85. The summed E-state index contributed by atoms with van der Waals surface area (Å²) in [7, 11) is 0. The van der Waals surface area contributed by atoms with E-state index in [1.54, 1.807) is 4.68 Å². The van der Waals surface area contributed by atoms with Crippen molar-refractivity contribution >= 4 is 5.69 Å². The summed E-state index contributed by atoms with van der Waals surface area (Å²) in [5.74, 6) is 1.32. The summed E-state index contributed by atoms with van der Waals surface area (Å²) in [5, 5.41) is 6.83. The molecule has 21 heavy (non-hydrogen) atoms. The monoisotopic (exact) mass is 290 g/mol. The largest absolute Gasteiger partial charge is 0.373 e. The molecule has 1 aromatic heterocycles. The average molecular weight is 290 g/mol. The zero-order valence-electron chi connectivity index (χ0n) is 12.1. The highest BCUT2D eigenvalue weighted by molar-refractivity contribution is 5.50. The van der Waals surface area contributed by atoms with Crippen molar-refractivity contribution in [3.63, 3.8) is 0 Å². The van der Waals surface area contributed by atoms with Gasteiger partial charge in [0.15, 0.2) is 11.6 Å². The molecule has 0 bridgehead atoms. The molecule has 110 valence electrons. The molecule has 0 amide bonds. The molecule has 0 fully saturated rings. The van der Waals surface area contributed by atoms with Crippen LogP contribution in [0.5, 0.6) is 0 Å². The zero-order chi connectivity index (χ0) is 15.6. The van der Waals surface area contributed by atoms with Crippen molar-refractivity contribution in [1.29, 1.82) is 0 Å². The lowest BCUT2D eigenvalue weighted by molar-refractivity contribution is 0.343. The predicted octanol–water partition coefficient (Wildman–Crippen LogP) is 2.90. The van der Waals surface area contributed by atoms with E-state index in [1.807, 2.05) is 20.8 Å². The molecule has 0 aliphatic heterocycles. The minimum absolute atomic E-state index is 0.153. The van der Waals surface area contributed by atoms with Gasteiger partial charge in [0, 0.05) is 5.56 Å². The Kier molecular flexibility index (Phi) is 3.94. The number of nitrogens with one attached hydrogen (secondary N) is 1. The summed E-state index contributed by atoms with van der Waals surface area (Å²) >= 11 is 0. The van der Waals surface area contributed by atoms with E-state index >= 15 is 0 Å². The molecule has 0 aliphatic rings. The summed E-state index contributed by atoms with van der Waals surface area (Å²) in [6.07, 6.45) is 6.54. The van der Waals surface area contributed by atoms with Gasteiger partial charge in [0.25, 0.3) is 0 Å². The first-order chi connectivity index (χ1) is 9.82. The van der Waals surface area contributed by atoms with Crippen LogP contribution in [0.15, 0.2) is 18.5 Å². The topological polar surface area (TPSA) is 42.7 Å². The molecule has 0 aliphatic carbocycles. The summed E-state index contributed by atoms with van der Waals surface area (Å²) in [6.45, 7) is 6.05. The first-order valence-electron chi connectivity index (χ1n) is 6.42. The van der Waals surface area contributed by atoms with Gasteiger partial charge in [-0.15, -0.1) is 6.42 Å². The first-order valence-corrected chi connectivity index (χ1v) is 6.42. The van der Waals surface area contributed by atoms with Gasteiger partial charge in [0.05, 0.1) is 12.1 Å². The van der Waals surface area contributed by atoms with Crippen molar-refractivity contribution in [3.8, 4) is 12.3 Å². The number of aromatic nitrogens is 3. The zero-order valence-corrected chi connectivity index (χ0v) is 12.1. The predicted molar refractivity (Wildman–Crippen MR) is 76.6 cm³/mol. The van der Waals surface area contributed by atoms with Crippen LogP contribution in [0.4, 0.5) is 14.5 Å². The van der Waals surface area contributed by atoms with Crippen molar-refractivity contribution in [3.05, 3.63) is 41.5 Å². The second-order valence-electron chi connectivity index (χ2n) is 5.57. The number of benzene rings is 1. The number of nitrogens with zero attached hydrogens (tertiary/aromatic N) is 3. The highest BCUT2D eigenvalue weighted by Crippen LogP contribution is 2.22. The van der Waals surface area contributed by atoms with Gasteiger partial charge in [-0.25, -0.2) is 18.4 Å². The Bertz CT molecular complexity index is 669.